The van der Waals surface area contributed by atoms with Crippen LogP contribution in [0.5, 0.6) is 0 Å². The standard InChI is InChI=1S/C11H15ClN4O3/c1-2-13-11-10(16(17)18)8(7-9(12)14-11)15-3-5-19-6-4-15/h7H,2-6H2,1H3,(H,13,14). The summed E-state index contributed by atoms with van der Waals surface area (Å²) in [6.45, 7) is 4.69. The van der Waals surface area contributed by atoms with Crippen molar-refractivity contribution in [2.24, 2.45) is 0 Å². The van der Waals surface area contributed by atoms with Gasteiger partial charge >= 0.3 is 5.69 Å². The number of hydrogen-bond acceptors (Lipinski definition) is 6. The minimum atomic E-state index is -0.424. The van der Waals surface area contributed by atoms with Crippen LogP contribution in [0.3, 0.4) is 0 Å². The largest absolute Gasteiger partial charge is 0.378 e. The van der Waals surface area contributed by atoms with Gasteiger partial charge < -0.3 is 15.0 Å². The monoisotopic (exact) mass is 286 g/mol. The van der Waals surface area contributed by atoms with Crippen LogP contribution in [0.1, 0.15) is 6.92 Å². The molecule has 0 saturated carbocycles. The van der Waals surface area contributed by atoms with Crippen LogP contribution in [0, 0.1) is 10.1 Å². The van der Waals surface area contributed by atoms with Gasteiger partial charge in [-0.3, -0.25) is 10.1 Å². The van der Waals surface area contributed by atoms with Gasteiger partial charge in [0, 0.05) is 25.7 Å². The van der Waals surface area contributed by atoms with Gasteiger partial charge in [-0.05, 0) is 6.92 Å². The van der Waals surface area contributed by atoms with Gasteiger partial charge in [-0.25, -0.2) is 4.98 Å². The Balaban J connectivity index is 2.47. The Morgan fingerprint density at radius 3 is 2.84 bits per heavy atom. The summed E-state index contributed by atoms with van der Waals surface area (Å²) in [5, 5.41) is 14.4. The highest BCUT2D eigenvalue weighted by atomic mass is 35.5. The predicted octanol–water partition coefficient (Wildman–Crippen LogP) is 1.91. The molecule has 0 unspecified atom stereocenters. The predicted molar refractivity (Wildman–Crippen MR) is 73.1 cm³/mol. The molecule has 2 heterocycles. The molecule has 1 fully saturated rings. The summed E-state index contributed by atoms with van der Waals surface area (Å²) in [5.74, 6) is 0.210. The van der Waals surface area contributed by atoms with Crippen LogP contribution in [0.15, 0.2) is 6.07 Å². The minimum Gasteiger partial charge on any atom is -0.378 e. The first kappa shape index (κ1) is 13.8. The van der Waals surface area contributed by atoms with Crippen molar-refractivity contribution in [2.45, 2.75) is 6.92 Å². The number of rotatable bonds is 4. The number of morpholine rings is 1. The molecule has 0 bridgehead atoms. The fourth-order valence-electron chi connectivity index (χ4n) is 2.01. The molecule has 0 aliphatic carbocycles. The molecule has 0 amide bonds. The summed E-state index contributed by atoms with van der Waals surface area (Å²) < 4.78 is 5.25. The van der Waals surface area contributed by atoms with E-state index in [0.717, 1.165) is 0 Å². The molecule has 7 nitrogen and oxygen atoms in total. The third-order valence-electron chi connectivity index (χ3n) is 2.82. The second kappa shape index (κ2) is 6.03. The molecule has 1 saturated heterocycles. The highest BCUT2D eigenvalue weighted by Gasteiger charge is 2.27. The average molecular weight is 287 g/mol. The summed E-state index contributed by atoms with van der Waals surface area (Å²) >= 11 is 5.95. The van der Waals surface area contributed by atoms with Gasteiger partial charge in [-0.1, -0.05) is 11.6 Å². The zero-order valence-corrected chi connectivity index (χ0v) is 11.3. The topological polar surface area (TPSA) is 80.5 Å². The van der Waals surface area contributed by atoms with E-state index in [0.29, 0.717) is 38.5 Å². The normalized spacial score (nSPS) is 15.4. The lowest BCUT2D eigenvalue weighted by molar-refractivity contribution is -0.383. The Morgan fingerprint density at radius 1 is 1.58 bits per heavy atom. The molecule has 2 rings (SSSR count). The molecule has 1 N–H and O–H groups in total. The van der Waals surface area contributed by atoms with Crippen LogP contribution < -0.4 is 10.2 Å². The summed E-state index contributed by atoms with van der Waals surface area (Å²) in [6, 6.07) is 1.53. The van der Waals surface area contributed by atoms with E-state index in [1.165, 1.54) is 6.07 Å². The maximum Gasteiger partial charge on any atom is 0.334 e. The highest BCUT2D eigenvalue weighted by Crippen LogP contribution is 2.36. The van der Waals surface area contributed by atoms with Crippen LogP contribution in [0.4, 0.5) is 17.2 Å². The van der Waals surface area contributed by atoms with Gasteiger partial charge in [-0.2, -0.15) is 0 Å². The van der Waals surface area contributed by atoms with Gasteiger partial charge in [-0.15, -0.1) is 0 Å². The van der Waals surface area contributed by atoms with Gasteiger partial charge in [0.05, 0.1) is 18.1 Å². The average Bonchev–Trinajstić information content (AvgIpc) is 2.39. The number of nitrogens with zero attached hydrogens (tertiary/aromatic N) is 3. The fraction of sp³-hybridized carbons (Fsp3) is 0.545. The first-order valence-electron chi connectivity index (χ1n) is 6.05. The number of halogens is 1. The van der Waals surface area contributed by atoms with Crippen molar-refractivity contribution < 1.29 is 9.66 Å². The molecule has 1 aromatic heterocycles. The first-order chi connectivity index (χ1) is 9.13. The fourth-order valence-corrected chi connectivity index (χ4v) is 2.20. The summed E-state index contributed by atoms with van der Waals surface area (Å²) in [4.78, 5) is 16.8. The van der Waals surface area contributed by atoms with Crippen molar-refractivity contribution in [1.82, 2.24) is 4.98 Å². The molecule has 1 aliphatic rings. The van der Waals surface area contributed by atoms with Gasteiger partial charge in [0.1, 0.15) is 10.8 Å². The van der Waals surface area contributed by atoms with Gasteiger partial charge in [0.2, 0.25) is 5.82 Å². The summed E-state index contributed by atoms with van der Waals surface area (Å²) in [6.07, 6.45) is 0. The molecule has 1 aliphatic heterocycles. The molecule has 0 atom stereocenters. The Bertz CT molecular complexity index is 477. The zero-order valence-electron chi connectivity index (χ0n) is 10.6. The van der Waals surface area contributed by atoms with Crippen molar-refractivity contribution in [2.75, 3.05) is 43.1 Å². The Hall–Kier alpha value is -1.60. The molecule has 1 aromatic rings. The van der Waals surface area contributed by atoms with E-state index in [2.05, 4.69) is 10.3 Å². The van der Waals surface area contributed by atoms with Crippen LogP contribution >= 0.6 is 11.6 Å². The lowest BCUT2D eigenvalue weighted by Gasteiger charge is -2.28. The van der Waals surface area contributed by atoms with E-state index >= 15 is 0 Å². The van der Waals surface area contributed by atoms with Crippen LogP contribution in [0.25, 0.3) is 0 Å². The van der Waals surface area contributed by atoms with Gasteiger partial charge in [0.25, 0.3) is 0 Å². The van der Waals surface area contributed by atoms with Crippen molar-refractivity contribution in [3.05, 3.63) is 21.3 Å². The van der Waals surface area contributed by atoms with Crippen molar-refractivity contribution in [3.8, 4) is 0 Å². The number of nitro groups is 1. The zero-order chi connectivity index (χ0) is 13.8. The third-order valence-corrected chi connectivity index (χ3v) is 3.01. The number of nitrogens with one attached hydrogen (secondary N) is 1. The highest BCUT2D eigenvalue weighted by molar-refractivity contribution is 6.30. The van der Waals surface area contributed by atoms with Crippen LogP contribution in [0.2, 0.25) is 5.15 Å². The number of aromatic nitrogens is 1. The van der Waals surface area contributed by atoms with E-state index in [1.54, 1.807) is 0 Å². The van der Waals surface area contributed by atoms with Crippen LogP contribution in [-0.2, 0) is 4.74 Å². The maximum absolute atomic E-state index is 11.3. The van der Waals surface area contributed by atoms with E-state index in [9.17, 15) is 10.1 Å². The second-order valence-electron chi connectivity index (χ2n) is 4.05. The molecular weight excluding hydrogens is 272 g/mol. The van der Waals surface area contributed by atoms with Crippen molar-refractivity contribution in [1.29, 1.82) is 0 Å². The van der Waals surface area contributed by atoms with Crippen molar-refractivity contribution in [3.63, 3.8) is 0 Å². The smallest absolute Gasteiger partial charge is 0.334 e. The first-order valence-corrected chi connectivity index (χ1v) is 6.42. The quantitative estimate of drug-likeness (QED) is 0.517. The molecule has 0 aromatic carbocycles. The van der Waals surface area contributed by atoms with Crippen LogP contribution in [-0.4, -0.2) is 42.8 Å². The lowest BCUT2D eigenvalue weighted by Crippen LogP contribution is -2.36. The number of hydrogen-bond donors (Lipinski definition) is 1. The number of pyridine rings is 1. The second-order valence-corrected chi connectivity index (χ2v) is 4.44. The maximum atomic E-state index is 11.3. The van der Waals surface area contributed by atoms with E-state index < -0.39 is 4.92 Å². The van der Waals surface area contributed by atoms with E-state index in [-0.39, 0.29) is 16.7 Å². The van der Waals surface area contributed by atoms with E-state index in [1.807, 2.05) is 11.8 Å². The molecule has 104 valence electrons. The Morgan fingerprint density at radius 2 is 2.26 bits per heavy atom. The molecule has 0 spiro atoms. The summed E-state index contributed by atoms with van der Waals surface area (Å²) in [5.41, 5.74) is 0.456. The Labute approximate surface area is 115 Å². The number of ether oxygens (including phenoxy) is 1. The van der Waals surface area contributed by atoms with Crippen molar-refractivity contribution >= 4 is 28.8 Å². The molecular formula is C11H15ClN4O3. The SMILES string of the molecule is CCNc1nc(Cl)cc(N2CCOCC2)c1[N+](=O)[O-]. The summed E-state index contributed by atoms with van der Waals surface area (Å²) in [7, 11) is 0. The minimum absolute atomic E-state index is 0.0341. The van der Waals surface area contributed by atoms with E-state index in [4.69, 9.17) is 16.3 Å². The molecule has 8 heteroatoms. The molecule has 19 heavy (non-hydrogen) atoms. The van der Waals surface area contributed by atoms with Gasteiger partial charge in [0.15, 0.2) is 0 Å². The molecule has 0 radical (unpaired) electrons. The lowest BCUT2D eigenvalue weighted by atomic mass is 10.2. The number of anilines is 2. The third kappa shape index (κ3) is 3.05. The Kier molecular flexibility index (Phi) is 4.39.